The normalized spacial score (nSPS) is 14.4. The summed E-state index contributed by atoms with van der Waals surface area (Å²) >= 11 is 0. The Morgan fingerprint density at radius 1 is 1.00 bits per heavy atom. The second-order valence-electron chi connectivity index (χ2n) is 7.46. The van der Waals surface area contributed by atoms with Crippen LogP contribution in [0, 0.1) is 5.92 Å². The van der Waals surface area contributed by atoms with E-state index >= 15 is 0 Å². The lowest BCUT2D eigenvalue weighted by Gasteiger charge is -2.31. The van der Waals surface area contributed by atoms with Gasteiger partial charge in [-0.05, 0) is 36.1 Å². The minimum absolute atomic E-state index is 0.0306. The number of piperidine rings is 1. The molecule has 2 aromatic carbocycles. The third-order valence-corrected chi connectivity index (χ3v) is 5.52. The van der Waals surface area contributed by atoms with E-state index in [4.69, 9.17) is 4.74 Å². The van der Waals surface area contributed by atoms with Crippen molar-refractivity contribution in [1.29, 1.82) is 0 Å². The predicted octanol–water partition coefficient (Wildman–Crippen LogP) is 3.69. The van der Waals surface area contributed by atoms with Gasteiger partial charge in [0.2, 0.25) is 11.9 Å². The van der Waals surface area contributed by atoms with E-state index in [0.717, 1.165) is 54.3 Å². The number of rotatable bonds is 6. The maximum Gasteiger partial charge on any atom is 0.225 e. The van der Waals surface area contributed by atoms with Crippen LogP contribution >= 0.6 is 0 Å². The molecule has 0 radical (unpaired) electrons. The summed E-state index contributed by atoms with van der Waals surface area (Å²) < 4.78 is 5.16. The Labute approximate surface area is 176 Å². The third-order valence-electron chi connectivity index (χ3n) is 5.52. The first-order valence-electron chi connectivity index (χ1n) is 10.3. The zero-order chi connectivity index (χ0) is 20.8. The molecule has 1 fully saturated rings. The van der Waals surface area contributed by atoms with Crippen LogP contribution in [-0.4, -0.2) is 36.1 Å². The van der Waals surface area contributed by atoms with Gasteiger partial charge in [0.05, 0.1) is 7.11 Å². The van der Waals surface area contributed by atoms with E-state index in [9.17, 15) is 4.79 Å². The molecule has 0 bridgehead atoms. The van der Waals surface area contributed by atoms with Gasteiger partial charge in [0.1, 0.15) is 5.75 Å². The summed E-state index contributed by atoms with van der Waals surface area (Å²) in [5.74, 6) is 1.69. The van der Waals surface area contributed by atoms with Gasteiger partial charge in [-0.3, -0.25) is 4.79 Å². The molecule has 0 atom stereocenters. The molecule has 0 unspecified atom stereocenters. The zero-order valence-corrected chi connectivity index (χ0v) is 17.1. The Hall–Kier alpha value is -3.41. The van der Waals surface area contributed by atoms with Gasteiger partial charge in [0.25, 0.3) is 0 Å². The van der Waals surface area contributed by atoms with Crippen molar-refractivity contribution in [2.45, 2.75) is 19.4 Å². The quantitative estimate of drug-likeness (QED) is 0.681. The molecule has 1 aliphatic rings. The number of anilines is 1. The maximum absolute atomic E-state index is 12.6. The highest BCUT2D eigenvalue weighted by atomic mass is 16.5. The number of ether oxygens (including phenoxy) is 1. The summed E-state index contributed by atoms with van der Waals surface area (Å²) in [7, 11) is 1.64. The Morgan fingerprint density at radius 2 is 1.67 bits per heavy atom. The van der Waals surface area contributed by atoms with Crippen molar-refractivity contribution in [2.75, 3.05) is 25.1 Å². The van der Waals surface area contributed by atoms with E-state index in [1.54, 1.807) is 7.11 Å². The summed E-state index contributed by atoms with van der Waals surface area (Å²) in [6.07, 6.45) is 5.34. The van der Waals surface area contributed by atoms with Crippen molar-refractivity contribution in [1.82, 2.24) is 15.3 Å². The highest BCUT2D eigenvalue weighted by Crippen LogP contribution is 2.23. The molecule has 2 heterocycles. The molecule has 3 aromatic rings. The van der Waals surface area contributed by atoms with E-state index in [1.165, 1.54) is 0 Å². The molecule has 30 heavy (non-hydrogen) atoms. The molecule has 1 amide bonds. The number of amides is 1. The summed E-state index contributed by atoms with van der Waals surface area (Å²) in [4.78, 5) is 23.8. The first kappa shape index (κ1) is 19.9. The van der Waals surface area contributed by atoms with Crippen molar-refractivity contribution < 1.29 is 9.53 Å². The number of hydrogen-bond acceptors (Lipinski definition) is 5. The standard InChI is InChI=1S/C24H26N4O2/c1-30-22-9-7-18(8-10-22)15-25-23(29)20-11-13-28(14-12-20)24-26-16-21(17-27-24)19-5-3-2-4-6-19/h2-10,16-17,20H,11-15H2,1H3,(H,25,29). The molecule has 154 valence electrons. The van der Waals surface area contributed by atoms with Crippen LogP contribution < -0.4 is 15.0 Å². The fourth-order valence-electron chi connectivity index (χ4n) is 3.68. The van der Waals surface area contributed by atoms with Crippen LogP contribution in [0.5, 0.6) is 5.75 Å². The Morgan fingerprint density at radius 3 is 2.30 bits per heavy atom. The second kappa shape index (κ2) is 9.39. The molecule has 1 saturated heterocycles. The molecular weight excluding hydrogens is 376 g/mol. The molecule has 4 rings (SSSR count). The molecule has 0 aliphatic carbocycles. The van der Waals surface area contributed by atoms with Crippen molar-refractivity contribution in [3.8, 4) is 16.9 Å². The lowest BCUT2D eigenvalue weighted by Crippen LogP contribution is -2.41. The molecule has 1 aromatic heterocycles. The average molecular weight is 402 g/mol. The highest BCUT2D eigenvalue weighted by Gasteiger charge is 2.26. The third kappa shape index (κ3) is 4.76. The van der Waals surface area contributed by atoms with Crippen molar-refractivity contribution in [3.63, 3.8) is 0 Å². The van der Waals surface area contributed by atoms with Gasteiger partial charge in [-0.1, -0.05) is 42.5 Å². The average Bonchev–Trinajstić information content (AvgIpc) is 2.83. The van der Waals surface area contributed by atoms with Crippen LogP contribution in [0.25, 0.3) is 11.1 Å². The van der Waals surface area contributed by atoms with Crippen LogP contribution in [0.3, 0.4) is 0 Å². The van der Waals surface area contributed by atoms with E-state index < -0.39 is 0 Å². The Kier molecular flexibility index (Phi) is 6.23. The number of aromatic nitrogens is 2. The fraction of sp³-hybridized carbons (Fsp3) is 0.292. The molecule has 6 heteroatoms. The summed E-state index contributed by atoms with van der Waals surface area (Å²) in [5, 5.41) is 3.06. The van der Waals surface area contributed by atoms with Gasteiger partial charge < -0.3 is 15.0 Å². The molecule has 1 N–H and O–H groups in total. The van der Waals surface area contributed by atoms with Gasteiger partial charge in [0.15, 0.2) is 0 Å². The number of hydrogen-bond donors (Lipinski definition) is 1. The molecular formula is C24H26N4O2. The van der Waals surface area contributed by atoms with E-state index in [2.05, 4.69) is 32.3 Å². The molecule has 0 spiro atoms. The Balaban J connectivity index is 1.27. The summed E-state index contributed by atoms with van der Waals surface area (Å²) in [6, 6.07) is 17.9. The summed E-state index contributed by atoms with van der Waals surface area (Å²) in [5.41, 5.74) is 3.18. The number of methoxy groups -OCH3 is 1. The topological polar surface area (TPSA) is 67.3 Å². The number of carbonyl (C=O) groups is 1. The largest absolute Gasteiger partial charge is 0.497 e. The van der Waals surface area contributed by atoms with Crippen LogP contribution in [0.2, 0.25) is 0 Å². The molecule has 6 nitrogen and oxygen atoms in total. The smallest absolute Gasteiger partial charge is 0.225 e. The summed E-state index contributed by atoms with van der Waals surface area (Å²) in [6.45, 7) is 2.10. The van der Waals surface area contributed by atoms with Crippen molar-refractivity contribution >= 4 is 11.9 Å². The van der Waals surface area contributed by atoms with Crippen LogP contribution in [0.4, 0.5) is 5.95 Å². The highest BCUT2D eigenvalue weighted by molar-refractivity contribution is 5.79. The maximum atomic E-state index is 12.6. The molecule has 1 aliphatic heterocycles. The molecule has 0 saturated carbocycles. The van der Waals surface area contributed by atoms with E-state index in [0.29, 0.717) is 6.54 Å². The number of carbonyl (C=O) groups excluding carboxylic acids is 1. The van der Waals surface area contributed by atoms with E-state index in [-0.39, 0.29) is 11.8 Å². The lowest BCUT2D eigenvalue weighted by molar-refractivity contribution is -0.125. The monoisotopic (exact) mass is 402 g/mol. The predicted molar refractivity (Wildman–Crippen MR) is 117 cm³/mol. The van der Waals surface area contributed by atoms with Crippen LogP contribution in [0.1, 0.15) is 18.4 Å². The van der Waals surface area contributed by atoms with Crippen LogP contribution in [-0.2, 0) is 11.3 Å². The van der Waals surface area contributed by atoms with Crippen molar-refractivity contribution in [2.24, 2.45) is 5.92 Å². The lowest BCUT2D eigenvalue weighted by atomic mass is 9.96. The van der Waals surface area contributed by atoms with Gasteiger partial charge in [-0.25, -0.2) is 9.97 Å². The number of nitrogens with zero attached hydrogens (tertiary/aromatic N) is 3. The second-order valence-corrected chi connectivity index (χ2v) is 7.46. The van der Waals surface area contributed by atoms with Gasteiger partial charge >= 0.3 is 0 Å². The minimum atomic E-state index is 0.0306. The van der Waals surface area contributed by atoms with Gasteiger partial charge in [-0.15, -0.1) is 0 Å². The van der Waals surface area contributed by atoms with Gasteiger partial charge in [0, 0.05) is 43.5 Å². The van der Waals surface area contributed by atoms with Crippen LogP contribution in [0.15, 0.2) is 67.0 Å². The first-order chi connectivity index (χ1) is 14.7. The van der Waals surface area contributed by atoms with Gasteiger partial charge in [-0.2, -0.15) is 0 Å². The first-order valence-corrected chi connectivity index (χ1v) is 10.3. The van der Waals surface area contributed by atoms with Crippen molar-refractivity contribution in [3.05, 3.63) is 72.6 Å². The Bertz CT molecular complexity index is 951. The minimum Gasteiger partial charge on any atom is -0.497 e. The van der Waals surface area contributed by atoms with E-state index in [1.807, 2.05) is 54.9 Å². The zero-order valence-electron chi connectivity index (χ0n) is 17.1. The number of benzene rings is 2. The fourth-order valence-corrected chi connectivity index (χ4v) is 3.68. The number of nitrogens with one attached hydrogen (secondary N) is 1. The SMILES string of the molecule is COc1ccc(CNC(=O)C2CCN(c3ncc(-c4ccccc4)cn3)CC2)cc1.